The second-order valence-corrected chi connectivity index (χ2v) is 7.10. The Bertz CT molecular complexity index is 766. The molecule has 1 aromatic carbocycles. The van der Waals surface area contributed by atoms with Crippen LogP contribution < -0.4 is 16.0 Å². The summed E-state index contributed by atoms with van der Waals surface area (Å²) >= 11 is 0. The number of aliphatic hydroxyl groups is 1. The summed E-state index contributed by atoms with van der Waals surface area (Å²) in [6.45, 7) is 2.25. The number of carbonyl (C=O) groups is 3. The van der Waals surface area contributed by atoms with Crippen molar-refractivity contribution >= 4 is 17.7 Å². The van der Waals surface area contributed by atoms with E-state index in [1.54, 1.807) is 4.90 Å². The van der Waals surface area contributed by atoms with Crippen molar-refractivity contribution in [3.05, 3.63) is 34.9 Å². The molecule has 0 saturated carbocycles. The second-order valence-electron chi connectivity index (χ2n) is 7.10. The number of rotatable bonds is 4. The number of fused-ring (bicyclic) bond motifs is 1. The van der Waals surface area contributed by atoms with Gasteiger partial charge in [-0.25, -0.2) is 0 Å². The van der Waals surface area contributed by atoms with Crippen molar-refractivity contribution in [3.8, 4) is 0 Å². The van der Waals surface area contributed by atoms with Gasteiger partial charge in [-0.2, -0.15) is 0 Å². The lowest BCUT2D eigenvalue weighted by Gasteiger charge is -2.29. The smallest absolute Gasteiger partial charge is 0.255 e. The van der Waals surface area contributed by atoms with Crippen LogP contribution in [0.15, 0.2) is 18.2 Å². The largest absolute Gasteiger partial charge is 0.390 e. The number of hydrogen-bond acceptors (Lipinski definition) is 6. The summed E-state index contributed by atoms with van der Waals surface area (Å²) in [5, 5.41) is 18.6. The molecule has 4 rings (SSSR count). The highest BCUT2D eigenvalue weighted by Gasteiger charge is 2.39. The molecule has 0 spiro atoms. The van der Waals surface area contributed by atoms with E-state index in [0.29, 0.717) is 38.2 Å². The highest BCUT2D eigenvalue weighted by molar-refractivity contribution is 6.05. The number of benzene rings is 1. The third-order valence-electron chi connectivity index (χ3n) is 5.34. The Morgan fingerprint density at radius 3 is 2.81 bits per heavy atom. The lowest BCUT2D eigenvalue weighted by molar-refractivity contribution is -0.136. The quantitative estimate of drug-likeness (QED) is 0.507. The molecule has 0 aromatic heterocycles. The number of hydrogen-bond donors (Lipinski definition) is 4. The average molecular weight is 358 g/mol. The van der Waals surface area contributed by atoms with E-state index >= 15 is 0 Å². The number of nitrogens with zero attached hydrogens (tertiary/aromatic N) is 1. The van der Waals surface area contributed by atoms with Crippen LogP contribution in [0.3, 0.4) is 0 Å². The van der Waals surface area contributed by atoms with Gasteiger partial charge in [0.15, 0.2) is 0 Å². The van der Waals surface area contributed by atoms with Crippen molar-refractivity contribution in [1.29, 1.82) is 0 Å². The van der Waals surface area contributed by atoms with E-state index in [1.807, 2.05) is 18.2 Å². The maximum Gasteiger partial charge on any atom is 0.255 e. The summed E-state index contributed by atoms with van der Waals surface area (Å²) in [5.74, 6) is -0.849. The van der Waals surface area contributed by atoms with Crippen LogP contribution in [0.2, 0.25) is 0 Å². The van der Waals surface area contributed by atoms with Crippen LogP contribution in [-0.4, -0.2) is 59.0 Å². The maximum absolute atomic E-state index is 12.8. The van der Waals surface area contributed by atoms with Crippen molar-refractivity contribution in [2.24, 2.45) is 0 Å². The van der Waals surface area contributed by atoms with Crippen molar-refractivity contribution in [1.82, 2.24) is 20.9 Å². The molecular formula is C18H22N4O4. The van der Waals surface area contributed by atoms with Gasteiger partial charge in [0.25, 0.3) is 5.91 Å². The van der Waals surface area contributed by atoms with Crippen LogP contribution in [-0.2, 0) is 22.7 Å². The monoisotopic (exact) mass is 358 g/mol. The zero-order chi connectivity index (χ0) is 18.3. The lowest BCUT2D eigenvalue weighted by atomic mass is 10.0. The molecule has 1 unspecified atom stereocenters. The Hall–Kier alpha value is -2.29. The molecule has 3 heterocycles. The number of amides is 3. The first-order valence-electron chi connectivity index (χ1n) is 8.91. The van der Waals surface area contributed by atoms with E-state index in [0.717, 1.165) is 11.1 Å². The summed E-state index contributed by atoms with van der Waals surface area (Å²) in [6.07, 6.45) is 0.212. The molecule has 2 fully saturated rings. The fourth-order valence-electron chi connectivity index (χ4n) is 3.83. The molecule has 3 aliphatic rings. The predicted octanol–water partition coefficient (Wildman–Crippen LogP) is -1.13. The number of aliphatic hydroxyl groups excluding tert-OH is 1. The molecule has 1 aromatic rings. The van der Waals surface area contributed by atoms with E-state index in [2.05, 4.69) is 16.0 Å². The van der Waals surface area contributed by atoms with Gasteiger partial charge in [-0.15, -0.1) is 0 Å². The van der Waals surface area contributed by atoms with Gasteiger partial charge in [0.1, 0.15) is 6.04 Å². The highest BCUT2D eigenvalue weighted by atomic mass is 16.3. The number of β-amino-alcohol motifs (C(OH)–C–C–N with tert-alkyl or cyclic N) is 1. The summed E-state index contributed by atoms with van der Waals surface area (Å²) in [6, 6.07) is 5.14. The first-order chi connectivity index (χ1) is 12.5. The topological polar surface area (TPSA) is 111 Å². The highest BCUT2D eigenvalue weighted by Crippen LogP contribution is 2.28. The Kier molecular flexibility index (Phi) is 4.47. The Balaban J connectivity index is 1.45. The number of imide groups is 1. The molecule has 8 heteroatoms. The summed E-state index contributed by atoms with van der Waals surface area (Å²) in [7, 11) is 0. The molecule has 26 heavy (non-hydrogen) atoms. The van der Waals surface area contributed by atoms with Gasteiger partial charge in [0.05, 0.1) is 6.10 Å². The van der Waals surface area contributed by atoms with Crippen LogP contribution in [0.25, 0.3) is 0 Å². The maximum atomic E-state index is 12.8. The minimum atomic E-state index is -0.589. The summed E-state index contributed by atoms with van der Waals surface area (Å²) in [5.41, 5.74) is 2.46. The SMILES string of the molecule is O=C1CCC(N2Cc3ccc(CN[C@H]4CNC[C@H]4O)cc3C2=O)C(=O)N1. The van der Waals surface area contributed by atoms with Crippen LogP contribution in [0, 0.1) is 0 Å². The molecule has 3 aliphatic heterocycles. The predicted molar refractivity (Wildman–Crippen MR) is 92.0 cm³/mol. The molecule has 8 nitrogen and oxygen atoms in total. The second kappa shape index (κ2) is 6.79. The molecule has 0 aliphatic carbocycles. The Morgan fingerprint density at radius 2 is 2.08 bits per heavy atom. The van der Waals surface area contributed by atoms with Crippen LogP contribution >= 0.6 is 0 Å². The first-order valence-corrected chi connectivity index (χ1v) is 8.91. The van der Waals surface area contributed by atoms with Crippen molar-refractivity contribution in [2.45, 2.75) is 44.1 Å². The van der Waals surface area contributed by atoms with Gasteiger partial charge in [0, 0.05) is 44.2 Å². The van der Waals surface area contributed by atoms with Crippen molar-refractivity contribution in [3.63, 3.8) is 0 Å². The Labute approximate surface area is 150 Å². The summed E-state index contributed by atoms with van der Waals surface area (Å²) < 4.78 is 0. The standard InChI is InChI=1S/C18H22N4O4/c23-15-8-19-7-13(15)20-6-10-1-2-11-9-22(18(26)12(11)5-10)14-3-4-16(24)21-17(14)25/h1-2,5,13-15,19-20,23H,3-4,6-9H2,(H,21,24,25)/t13-,14?,15+/m0/s1. The van der Waals surface area contributed by atoms with E-state index in [4.69, 9.17) is 0 Å². The number of nitrogens with one attached hydrogen (secondary N) is 3. The van der Waals surface area contributed by atoms with Crippen LogP contribution in [0.1, 0.15) is 34.3 Å². The fourth-order valence-corrected chi connectivity index (χ4v) is 3.83. The van der Waals surface area contributed by atoms with E-state index < -0.39 is 18.1 Å². The molecule has 0 radical (unpaired) electrons. The van der Waals surface area contributed by atoms with Gasteiger partial charge < -0.3 is 20.6 Å². The van der Waals surface area contributed by atoms with Crippen molar-refractivity contribution in [2.75, 3.05) is 13.1 Å². The lowest BCUT2D eigenvalue weighted by Crippen LogP contribution is -2.52. The summed E-state index contributed by atoms with van der Waals surface area (Å²) in [4.78, 5) is 37.7. The third-order valence-corrected chi connectivity index (χ3v) is 5.34. The average Bonchev–Trinajstić information content (AvgIpc) is 3.17. The van der Waals surface area contributed by atoms with E-state index in [1.165, 1.54) is 0 Å². The normalized spacial score (nSPS) is 28.4. The molecule has 0 bridgehead atoms. The van der Waals surface area contributed by atoms with E-state index in [-0.39, 0.29) is 24.3 Å². The molecule has 138 valence electrons. The van der Waals surface area contributed by atoms with Gasteiger partial charge in [0.2, 0.25) is 11.8 Å². The van der Waals surface area contributed by atoms with E-state index in [9.17, 15) is 19.5 Å². The Morgan fingerprint density at radius 1 is 1.23 bits per heavy atom. The zero-order valence-corrected chi connectivity index (χ0v) is 14.3. The van der Waals surface area contributed by atoms with Gasteiger partial charge in [-0.1, -0.05) is 12.1 Å². The molecule has 3 atom stereocenters. The van der Waals surface area contributed by atoms with Crippen LogP contribution in [0.5, 0.6) is 0 Å². The number of carbonyl (C=O) groups excluding carboxylic acids is 3. The fraction of sp³-hybridized carbons (Fsp3) is 0.500. The van der Waals surface area contributed by atoms with Crippen LogP contribution in [0.4, 0.5) is 0 Å². The minimum absolute atomic E-state index is 0.000994. The third kappa shape index (κ3) is 3.11. The minimum Gasteiger partial charge on any atom is -0.390 e. The van der Waals surface area contributed by atoms with Gasteiger partial charge in [-0.05, 0) is 23.6 Å². The molecular weight excluding hydrogens is 336 g/mol. The molecule has 2 saturated heterocycles. The molecule has 3 amide bonds. The van der Waals surface area contributed by atoms with Gasteiger partial charge >= 0.3 is 0 Å². The number of piperidine rings is 1. The van der Waals surface area contributed by atoms with Gasteiger partial charge in [-0.3, -0.25) is 19.7 Å². The molecule has 4 N–H and O–H groups in total. The first kappa shape index (κ1) is 17.1. The van der Waals surface area contributed by atoms with Crippen molar-refractivity contribution < 1.29 is 19.5 Å². The zero-order valence-electron chi connectivity index (χ0n) is 14.3.